The maximum absolute atomic E-state index is 10.2. The summed E-state index contributed by atoms with van der Waals surface area (Å²) in [7, 11) is 1.67. The molecule has 0 unspecified atom stereocenters. The van der Waals surface area contributed by atoms with Gasteiger partial charge in [-0.05, 0) is 0 Å². The number of aromatic nitrogens is 2. The van der Waals surface area contributed by atoms with E-state index in [9.17, 15) is 4.79 Å². The van der Waals surface area contributed by atoms with Crippen LogP contribution in [0.2, 0.25) is 0 Å². The van der Waals surface area contributed by atoms with E-state index < -0.39 is 5.97 Å². The van der Waals surface area contributed by atoms with Gasteiger partial charge in [0.25, 0.3) is 0 Å². The second-order valence-electron chi connectivity index (χ2n) is 1.71. The van der Waals surface area contributed by atoms with E-state index in [1.807, 2.05) is 0 Å². The van der Waals surface area contributed by atoms with Crippen LogP contribution in [0.1, 0.15) is 10.4 Å². The molecule has 1 heterocycles. The standard InChI is InChI=1S/C5H6N2O2.H3NS/c1-7-3-4(2-6-7)5(8)9;1-2/h2-3H,1H3,(H,8,9);2H,1H2. The number of aromatic carboxylic acids is 1. The van der Waals surface area contributed by atoms with Gasteiger partial charge >= 0.3 is 5.97 Å². The molecule has 1 aromatic heterocycles. The monoisotopic (exact) mass is 175 g/mol. The molecule has 0 aliphatic heterocycles. The number of hydrogen-bond donors (Lipinski definition) is 3. The number of thiol groups is 1. The van der Waals surface area contributed by atoms with Gasteiger partial charge in [-0.2, -0.15) is 5.10 Å². The Hall–Kier alpha value is -1.01. The minimum absolute atomic E-state index is 0.220. The van der Waals surface area contributed by atoms with Crippen molar-refractivity contribution < 1.29 is 9.90 Å². The molecule has 11 heavy (non-hydrogen) atoms. The molecule has 0 aliphatic rings. The van der Waals surface area contributed by atoms with Crippen LogP contribution in [0.25, 0.3) is 0 Å². The third kappa shape index (κ3) is 3.06. The third-order valence-corrected chi connectivity index (χ3v) is 0.952. The van der Waals surface area contributed by atoms with Gasteiger partial charge in [0, 0.05) is 13.2 Å². The molecule has 1 rings (SSSR count). The average molecular weight is 175 g/mol. The molecule has 0 amide bonds. The lowest BCUT2D eigenvalue weighted by Crippen LogP contribution is -1.92. The smallest absolute Gasteiger partial charge is 0.338 e. The lowest BCUT2D eigenvalue weighted by Gasteiger charge is -1.81. The van der Waals surface area contributed by atoms with Crippen LogP contribution in [0.4, 0.5) is 0 Å². The summed E-state index contributed by atoms with van der Waals surface area (Å²) in [5.74, 6) is -0.942. The van der Waals surface area contributed by atoms with E-state index in [1.165, 1.54) is 17.1 Å². The van der Waals surface area contributed by atoms with Gasteiger partial charge in [-0.3, -0.25) is 9.82 Å². The Bertz CT molecular complexity index is 235. The molecule has 0 spiro atoms. The highest BCUT2D eigenvalue weighted by Gasteiger charge is 2.02. The fraction of sp³-hybridized carbons (Fsp3) is 0.200. The Morgan fingerprint density at radius 1 is 1.82 bits per heavy atom. The second kappa shape index (κ2) is 4.75. The Morgan fingerprint density at radius 3 is 2.55 bits per heavy atom. The van der Waals surface area contributed by atoms with Crippen molar-refractivity contribution in [2.45, 2.75) is 0 Å². The second-order valence-corrected chi connectivity index (χ2v) is 1.71. The molecule has 0 aromatic carbocycles. The van der Waals surface area contributed by atoms with Crippen molar-refractivity contribution in [3.05, 3.63) is 18.0 Å². The van der Waals surface area contributed by atoms with Gasteiger partial charge in [0.2, 0.25) is 0 Å². The van der Waals surface area contributed by atoms with E-state index in [2.05, 4.69) is 23.1 Å². The molecule has 5 nitrogen and oxygen atoms in total. The first kappa shape index (κ1) is 9.99. The van der Waals surface area contributed by atoms with Gasteiger partial charge in [0.1, 0.15) is 0 Å². The Labute approximate surface area is 69.4 Å². The van der Waals surface area contributed by atoms with Crippen LogP contribution in [0.3, 0.4) is 0 Å². The Kier molecular flexibility index (Phi) is 4.32. The van der Waals surface area contributed by atoms with Crippen LogP contribution in [-0.2, 0) is 7.05 Å². The van der Waals surface area contributed by atoms with Crippen molar-refractivity contribution in [3.63, 3.8) is 0 Å². The third-order valence-electron chi connectivity index (χ3n) is 0.952. The molecule has 0 saturated heterocycles. The summed E-state index contributed by atoms with van der Waals surface area (Å²) in [6, 6.07) is 0. The van der Waals surface area contributed by atoms with Crippen molar-refractivity contribution in [1.82, 2.24) is 9.78 Å². The summed E-state index contributed by atoms with van der Waals surface area (Å²) < 4.78 is 1.45. The summed E-state index contributed by atoms with van der Waals surface area (Å²) in [6.45, 7) is 0. The van der Waals surface area contributed by atoms with E-state index >= 15 is 0 Å². The van der Waals surface area contributed by atoms with Gasteiger partial charge < -0.3 is 5.11 Å². The molecule has 0 saturated carbocycles. The van der Waals surface area contributed by atoms with Crippen LogP contribution in [0, 0.1) is 0 Å². The number of aryl methyl sites for hydroxylation is 1. The highest BCUT2D eigenvalue weighted by atomic mass is 32.1. The lowest BCUT2D eigenvalue weighted by molar-refractivity contribution is 0.0697. The predicted molar refractivity (Wildman–Crippen MR) is 43.3 cm³/mol. The fourth-order valence-electron chi connectivity index (χ4n) is 0.532. The van der Waals surface area contributed by atoms with Crippen molar-refractivity contribution in [1.29, 1.82) is 0 Å². The molecule has 62 valence electrons. The summed E-state index contributed by atoms with van der Waals surface area (Å²) in [5, 5.41) is 16.2. The number of carboxylic acid groups (broad SMARTS) is 1. The highest BCUT2D eigenvalue weighted by molar-refractivity contribution is 7.77. The molecule has 0 radical (unpaired) electrons. The molecule has 6 heteroatoms. The van der Waals surface area contributed by atoms with Crippen molar-refractivity contribution >= 4 is 18.8 Å². The molecule has 0 aliphatic carbocycles. The summed E-state index contributed by atoms with van der Waals surface area (Å²) in [6.07, 6.45) is 2.75. The predicted octanol–water partition coefficient (Wildman–Crippen LogP) is -0.0918. The van der Waals surface area contributed by atoms with Crippen LogP contribution < -0.4 is 5.14 Å². The number of rotatable bonds is 1. The van der Waals surface area contributed by atoms with Crippen molar-refractivity contribution in [3.8, 4) is 0 Å². The normalized spacial score (nSPS) is 8.27. The number of carbonyl (C=O) groups is 1. The Balaban J connectivity index is 0.000000461. The van der Waals surface area contributed by atoms with Gasteiger partial charge in [-0.15, -0.1) is 12.8 Å². The number of hydrogen-bond acceptors (Lipinski definition) is 4. The van der Waals surface area contributed by atoms with E-state index in [-0.39, 0.29) is 5.56 Å². The summed E-state index contributed by atoms with van der Waals surface area (Å²) in [4.78, 5) is 10.2. The first-order valence-corrected chi connectivity index (χ1v) is 3.19. The topological polar surface area (TPSA) is 81.1 Å². The van der Waals surface area contributed by atoms with Gasteiger partial charge in [-0.1, -0.05) is 0 Å². The number of nitrogens with two attached hydrogens (primary N) is 1. The Morgan fingerprint density at radius 2 is 2.36 bits per heavy atom. The first-order chi connectivity index (χ1) is 5.20. The quantitative estimate of drug-likeness (QED) is 0.521. The fourth-order valence-corrected chi connectivity index (χ4v) is 0.532. The zero-order chi connectivity index (χ0) is 8.85. The van der Waals surface area contributed by atoms with Crippen molar-refractivity contribution in [2.75, 3.05) is 0 Å². The van der Waals surface area contributed by atoms with E-state index in [4.69, 9.17) is 5.11 Å². The zero-order valence-electron chi connectivity index (χ0n) is 5.93. The molecule has 0 fully saturated rings. The van der Waals surface area contributed by atoms with Crippen LogP contribution >= 0.6 is 12.8 Å². The average Bonchev–Trinajstić information content (AvgIpc) is 2.40. The maximum atomic E-state index is 10.2. The first-order valence-electron chi connectivity index (χ1n) is 2.68. The van der Waals surface area contributed by atoms with Gasteiger partial charge in [0.15, 0.2) is 0 Å². The minimum atomic E-state index is -0.942. The molecule has 0 bridgehead atoms. The van der Waals surface area contributed by atoms with Gasteiger partial charge in [-0.25, -0.2) is 4.79 Å². The molecule has 0 atom stereocenters. The minimum Gasteiger partial charge on any atom is -0.478 e. The summed E-state index contributed by atoms with van der Waals surface area (Å²) in [5.41, 5.74) is 0.220. The molecular formula is C5H9N3O2S. The molecular weight excluding hydrogens is 166 g/mol. The number of nitrogens with zero attached hydrogens (tertiary/aromatic N) is 2. The molecule has 1 aromatic rings. The van der Waals surface area contributed by atoms with E-state index in [1.54, 1.807) is 7.05 Å². The van der Waals surface area contributed by atoms with E-state index in [0.29, 0.717) is 0 Å². The lowest BCUT2D eigenvalue weighted by atomic mass is 10.4. The largest absolute Gasteiger partial charge is 0.478 e. The zero-order valence-corrected chi connectivity index (χ0v) is 6.82. The van der Waals surface area contributed by atoms with Crippen molar-refractivity contribution in [2.24, 2.45) is 12.2 Å². The highest BCUT2D eigenvalue weighted by Crippen LogP contribution is 1.93. The van der Waals surface area contributed by atoms with Crippen LogP contribution in [-0.4, -0.2) is 20.9 Å². The van der Waals surface area contributed by atoms with Gasteiger partial charge in [0.05, 0.1) is 11.8 Å². The SMILES string of the molecule is Cn1cc(C(=O)O)cn1.NS. The van der Waals surface area contributed by atoms with E-state index in [0.717, 1.165) is 0 Å². The number of carboxylic acids is 1. The summed E-state index contributed by atoms with van der Waals surface area (Å²) >= 11 is 3.03. The maximum Gasteiger partial charge on any atom is 0.338 e. The van der Waals surface area contributed by atoms with Crippen LogP contribution in [0.5, 0.6) is 0 Å². The molecule has 3 N–H and O–H groups in total. The van der Waals surface area contributed by atoms with Crippen LogP contribution in [0.15, 0.2) is 12.4 Å².